The van der Waals surface area contributed by atoms with Gasteiger partial charge in [0.25, 0.3) is 5.91 Å². The maximum Gasteiger partial charge on any atom is 0.258 e. The number of aryl methyl sites for hydroxylation is 1. The monoisotopic (exact) mass is 279 g/mol. The highest BCUT2D eigenvalue weighted by Gasteiger charge is 2.19. The number of aliphatic hydroxyl groups is 1. The lowest BCUT2D eigenvalue weighted by atomic mass is 10.0. The van der Waals surface area contributed by atoms with E-state index in [4.69, 9.17) is 4.74 Å². The summed E-state index contributed by atoms with van der Waals surface area (Å²) < 4.78 is 5.44. The molecule has 1 aromatic rings. The summed E-state index contributed by atoms with van der Waals surface area (Å²) >= 11 is 0. The van der Waals surface area contributed by atoms with Gasteiger partial charge < -0.3 is 15.2 Å². The summed E-state index contributed by atoms with van der Waals surface area (Å²) in [5.41, 5.74) is 0.320. The van der Waals surface area contributed by atoms with Gasteiger partial charge in [-0.05, 0) is 37.5 Å². The molecule has 112 valence electrons. The molecule has 20 heavy (non-hydrogen) atoms. The highest BCUT2D eigenvalue weighted by Crippen LogP contribution is 2.13. The molecule has 0 saturated heterocycles. The molecule has 0 spiro atoms. The van der Waals surface area contributed by atoms with Gasteiger partial charge in [-0.3, -0.25) is 4.79 Å². The quantitative estimate of drug-likeness (QED) is 0.767. The van der Waals surface area contributed by atoms with Crippen molar-refractivity contribution in [2.45, 2.75) is 45.6 Å². The zero-order chi connectivity index (χ0) is 15.0. The van der Waals surface area contributed by atoms with E-state index < -0.39 is 5.60 Å². The van der Waals surface area contributed by atoms with E-state index in [-0.39, 0.29) is 19.1 Å². The Labute approximate surface area is 121 Å². The Hall–Kier alpha value is -1.55. The van der Waals surface area contributed by atoms with Crippen molar-refractivity contribution in [1.29, 1.82) is 0 Å². The number of rotatable bonds is 8. The third kappa shape index (κ3) is 6.06. The third-order valence-corrected chi connectivity index (χ3v) is 3.13. The maximum absolute atomic E-state index is 11.7. The van der Waals surface area contributed by atoms with Gasteiger partial charge in [0, 0.05) is 6.54 Å². The smallest absolute Gasteiger partial charge is 0.258 e. The predicted octanol–water partition coefficient (Wildman–Crippen LogP) is 2.30. The maximum atomic E-state index is 11.7. The van der Waals surface area contributed by atoms with Gasteiger partial charge in [0.2, 0.25) is 0 Å². The Morgan fingerprint density at radius 2 is 2.15 bits per heavy atom. The van der Waals surface area contributed by atoms with Gasteiger partial charge in [-0.25, -0.2) is 0 Å². The molecule has 1 aromatic carbocycles. The van der Waals surface area contributed by atoms with Crippen LogP contribution in [0.1, 0.15) is 39.2 Å². The largest absolute Gasteiger partial charge is 0.484 e. The number of benzene rings is 1. The molecule has 0 fully saturated rings. The number of amides is 1. The lowest BCUT2D eigenvalue weighted by Gasteiger charge is -2.22. The van der Waals surface area contributed by atoms with Crippen molar-refractivity contribution in [3.05, 3.63) is 29.8 Å². The molecule has 0 aliphatic carbocycles. The van der Waals surface area contributed by atoms with Crippen LogP contribution >= 0.6 is 0 Å². The molecule has 0 bridgehead atoms. The van der Waals surface area contributed by atoms with Crippen LogP contribution in [-0.4, -0.2) is 29.8 Å². The van der Waals surface area contributed by atoms with E-state index in [9.17, 15) is 9.90 Å². The summed E-state index contributed by atoms with van der Waals surface area (Å²) in [6.45, 7) is 6.01. The molecule has 4 nitrogen and oxygen atoms in total. The molecule has 0 heterocycles. The van der Waals surface area contributed by atoms with Crippen molar-refractivity contribution < 1.29 is 14.6 Å². The van der Waals surface area contributed by atoms with Crippen molar-refractivity contribution in [3.63, 3.8) is 0 Å². The molecule has 1 rings (SSSR count). The van der Waals surface area contributed by atoms with E-state index in [2.05, 4.69) is 12.2 Å². The third-order valence-electron chi connectivity index (χ3n) is 3.13. The summed E-state index contributed by atoms with van der Waals surface area (Å²) in [5, 5.41) is 12.7. The van der Waals surface area contributed by atoms with Gasteiger partial charge in [-0.2, -0.15) is 0 Å². The van der Waals surface area contributed by atoms with Gasteiger partial charge in [-0.15, -0.1) is 0 Å². The number of carbonyl (C=O) groups is 1. The van der Waals surface area contributed by atoms with Crippen LogP contribution in [0.5, 0.6) is 5.75 Å². The molecule has 1 amide bonds. The Bertz CT molecular complexity index is 429. The minimum absolute atomic E-state index is 0.0324. The summed E-state index contributed by atoms with van der Waals surface area (Å²) in [5.74, 6) is 0.475. The van der Waals surface area contributed by atoms with Crippen LogP contribution < -0.4 is 10.1 Å². The molecule has 0 aromatic heterocycles. The Morgan fingerprint density at radius 1 is 1.40 bits per heavy atom. The van der Waals surface area contributed by atoms with Crippen molar-refractivity contribution in [1.82, 2.24) is 5.32 Å². The van der Waals surface area contributed by atoms with E-state index >= 15 is 0 Å². The summed E-state index contributed by atoms with van der Waals surface area (Å²) in [7, 11) is 0. The van der Waals surface area contributed by atoms with Gasteiger partial charge in [0.1, 0.15) is 5.75 Å². The SMILES string of the molecule is CCCC(C)(O)CNC(=O)COc1cccc(CC)c1. The second kappa shape index (κ2) is 7.90. The van der Waals surface area contributed by atoms with Crippen LogP contribution in [0.2, 0.25) is 0 Å². The number of carbonyl (C=O) groups excluding carboxylic acids is 1. The molecule has 0 aliphatic heterocycles. The van der Waals surface area contributed by atoms with Gasteiger partial charge in [-0.1, -0.05) is 32.4 Å². The first-order valence-corrected chi connectivity index (χ1v) is 7.17. The Balaban J connectivity index is 2.36. The van der Waals surface area contributed by atoms with Crippen LogP contribution in [-0.2, 0) is 11.2 Å². The number of hydrogen-bond acceptors (Lipinski definition) is 3. The second-order valence-corrected chi connectivity index (χ2v) is 5.31. The molecular weight excluding hydrogens is 254 g/mol. The first-order valence-electron chi connectivity index (χ1n) is 7.17. The first kappa shape index (κ1) is 16.5. The Kier molecular flexibility index (Phi) is 6.52. The number of hydrogen-bond donors (Lipinski definition) is 2. The van der Waals surface area contributed by atoms with E-state index in [1.54, 1.807) is 6.92 Å². The van der Waals surface area contributed by atoms with Crippen LogP contribution in [0.3, 0.4) is 0 Å². The van der Waals surface area contributed by atoms with E-state index in [0.29, 0.717) is 12.2 Å². The molecule has 1 unspecified atom stereocenters. The van der Waals surface area contributed by atoms with Gasteiger partial charge in [0.15, 0.2) is 6.61 Å². The second-order valence-electron chi connectivity index (χ2n) is 5.31. The van der Waals surface area contributed by atoms with Crippen molar-refractivity contribution >= 4 is 5.91 Å². The average Bonchev–Trinajstić information content (AvgIpc) is 2.43. The van der Waals surface area contributed by atoms with Gasteiger partial charge in [0.05, 0.1) is 5.60 Å². The lowest BCUT2D eigenvalue weighted by molar-refractivity contribution is -0.124. The highest BCUT2D eigenvalue weighted by atomic mass is 16.5. The minimum atomic E-state index is -0.855. The molecular formula is C16H25NO3. The Morgan fingerprint density at radius 3 is 2.80 bits per heavy atom. The van der Waals surface area contributed by atoms with Crippen LogP contribution in [0, 0.1) is 0 Å². The molecule has 2 N–H and O–H groups in total. The molecule has 4 heteroatoms. The molecule has 0 aliphatic rings. The van der Waals surface area contributed by atoms with E-state index in [1.165, 1.54) is 5.56 Å². The zero-order valence-electron chi connectivity index (χ0n) is 12.6. The predicted molar refractivity (Wildman–Crippen MR) is 79.9 cm³/mol. The average molecular weight is 279 g/mol. The zero-order valence-corrected chi connectivity index (χ0v) is 12.6. The van der Waals surface area contributed by atoms with Crippen LogP contribution in [0.15, 0.2) is 24.3 Å². The van der Waals surface area contributed by atoms with Gasteiger partial charge >= 0.3 is 0 Å². The van der Waals surface area contributed by atoms with E-state index in [0.717, 1.165) is 12.8 Å². The summed E-state index contributed by atoms with van der Waals surface area (Å²) in [6.07, 6.45) is 2.47. The molecule has 1 atom stereocenters. The lowest BCUT2D eigenvalue weighted by Crippen LogP contribution is -2.42. The normalized spacial score (nSPS) is 13.6. The van der Waals surface area contributed by atoms with Crippen LogP contribution in [0.4, 0.5) is 0 Å². The highest BCUT2D eigenvalue weighted by molar-refractivity contribution is 5.77. The summed E-state index contributed by atoms with van der Waals surface area (Å²) in [6, 6.07) is 7.70. The standard InChI is InChI=1S/C16H25NO3/c1-4-9-16(3,19)12-17-15(18)11-20-14-8-6-7-13(5-2)10-14/h6-8,10,19H,4-5,9,11-12H2,1-3H3,(H,17,18). The molecule has 0 radical (unpaired) electrons. The first-order chi connectivity index (χ1) is 9.46. The fourth-order valence-electron chi connectivity index (χ4n) is 1.97. The number of ether oxygens (including phenoxy) is 1. The molecule has 0 saturated carbocycles. The summed E-state index contributed by atoms with van der Waals surface area (Å²) in [4.78, 5) is 11.7. The van der Waals surface area contributed by atoms with Crippen molar-refractivity contribution in [3.8, 4) is 5.75 Å². The fourth-order valence-corrected chi connectivity index (χ4v) is 1.97. The van der Waals surface area contributed by atoms with Crippen molar-refractivity contribution in [2.24, 2.45) is 0 Å². The van der Waals surface area contributed by atoms with Crippen molar-refractivity contribution in [2.75, 3.05) is 13.2 Å². The minimum Gasteiger partial charge on any atom is -0.484 e. The number of nitrogens with one attached hydrogen (secondary N) is 1. The van der Waals surface area contributed by atoms with Crippen LogP contribution in [0.25, 0.3) is 0 Å². The fraction of sp³-hybridized carbons (Fsp3) is 0.562. The topological polar surface area (TPSA) is 58.6 Å². The van der Waals surface area contributed by atoms with E-state index in [1.807, 2.05) is 31.2 Å².